The molecule has 3 unspecified atom stereocenters. The zero-order valence-corrected chi connectivity index (χ0v) is 30.9. The monoisotopic (exact) mass is 728 g/mol. The van der Waals surface area contributed by atoms with Crippen LogP contribution in [-0.4, -0.2) is 72.4 Å². The summed E-state index contributed by atoms with van der Waals surface area (Å²) in [5.41, 5.74) is -8.18. The Bertz CT molecular complexity index is 1260. The van der Waals surface area contributed by atoms with E-state index in [1.807, 2.05) is 0 Å². The van der Waals surface area contributed by atoms with E-state index in [9.17, 15) is 45.1 Å². The number of unbranched alkanes of at least 4 members (excludes halogenated alkanes) is 8. The third-order valence-electron chi connectivity index (χ3n) is 7.91. The van der Waals surface area contributed by atoms with Gasteiger partial charge in [0.2, 0.25) is 0 Å². The zero-order chi connectivity index (χ0) is 36.8. The minimum atomic E-state index is -5.26. The zero-order valence-electron chi connectivity index (χ0n) is 29.2. The molecule has 0 saturated heterocycles. The van der Waals surface area contributed by atoms with Crippen LogP contribution in [0, 0.1) is 11.3 Å². The Morgan fingerprint density at radius 3 is 1.65 bits per heavy atom. The second-order valence-corrected chi connectivity index (χ2v) is 17.1. The van der Waals surface area contributed by atoms with E-state index in [4.69, 9.17) is 18.9 Å². The van der Waals surface area contributed by atoms with Crippen LogP contribution in [0.4, 0.5) is 0 Å². The first kappa shape index (κ1) is 43.7. The summed E-state index contributed by atoms with van der Waals surface area (Å²) in [5, 5.41) is 0. The smallest absolute Gasteiger partial charge is 0.366 e. The summed E-state index contributed by atoms with van der Waals surface area (Å²) in [5.74, 6) is -5.94. The number of esters is 4. The van der Waals surface area contributed by atoms with E-state index in [1.54, 1.807) is 0 Å². The van der Waals surface area contributed by atoms with Crippen molar-refractivity contribution in [3.8, 4) is 0 Å². The molecule has 0 bridgehead atoms. The summed E-state index contributed by atoms with van der Waals surface area (Å²) < 4.78 is 87.9. The molecular weight excluding hydrogens is 672 g/mol. The van der Waals surface area contributed by atoms with Crippen molar-refractivity contribution in [3.63, 3.8) is 0 Å². The van der Waals surface area contributed by atoms with Crippen LogP contribution in [0.3, 0.4) is 0 Å². The van der Waals surface area contributed by atoms with Crippen molar-refractivity contribution in [2.24, 2.45) is 11.3 Å². The van der Waals surface area contributed by atoms with Crippen LogP contribution < -0.4 is 0 Å². The van der Waals surface area contributed by atoms with E-state index < -0.39 is 78.0 Å². The lowest BCUT2D eigenvalue weighted by Crippen LogP contribution is -2.44. The SMILES string of the molecule is CCCCCCCCCCCC(CC(C)(C)C(=O)OC(C(=O)OC(C)(C)C)S(=O)(=O)O)OC(=O)C(OC(=O)C1CCCCC1)S(=O)(=O)O. The van der Waals surface area contributed by atoms with E-state index in [-0.39, 0.29) is 12.8 Å². The van der Waals surface area contributed by atoms with Crippen molar-refractivity contribution < 1.29 is 64.1 Å². The molecule has 0 spiro atoms. The first-order chi connectivity index (χ1) is 22.1. The van der Waals surface area contributed by atoms with E-state index in [2.05, 4.69) is 6.92 Å². The topological polar surface area (TPSA) is 214 Å². The second kappa shape index (κ2) is 19.8. The highest BCUT2D eigenvalue weighted by molar-refractivity contribution is 7.87. The summed E-state index contributed by atoms with van der Waals surface area (Å²) in [7, 11) is -10.5. The molecular formula is C32H56O14S2. The predicted molar refractivity (Wildman–Crippen MR) is 175 cm³/mol. The maximum absolute atomic E-state index is 13.2. The summed E-state index contributed by atoms with van der Waals surface area (Å²) in [6.45, 7) is 9.08. The Morgan fingerprint density at radius 2 is 1.17 bits per heavy atom. The third-order valence-corrected chi connectivity index (χ3v) is 9.57. The van der Waals surface area contributed by atoms with Crippen molar-refractivity contribution in [1.82, 2.24) is 0 Å². The summed E-state index contributed by atoms with van der Waals surface area (Å²) in [6, 6.07) is 0. The highest BCUT2D eigenvalue weighted by Crippen LogP contribution is 2.31. The minimum absolute atomic E-state index is 0.126. The average Bonchev–Trinajstić information content (AvgIpc) is 2.95. The molecule has 0 heterocycles. The molecule has 1 rings (SSSR count). The van der Waals surface area contributed by atoms with Gasteiger partial charge in [0.1, 0.15) is 11.7 Å². The van der Waals surface area contributed by atoms with E-state index >= 15 is 0 Å². The molecule has 0 aromatic heterocycles. The molecule has 1 aliphatic rings. The Balaban J connectivity index is 3.13. The highest BCUT2D eigenvalue weighted by atomic mass is 32.2. The van der Waals surface area contributed by atoms with Crippen LogP contribution in [0.5, 0.6) is 0 Å². The van der Waals surface area contributed by atoms with Gasteiger partial charge in [0.25, 0.3) is 0 Å². The van der Waals surface area contributed by atoms with Crippen molar-refractivity contribution in [2.45, 2.75) is 167 Å². The molecule has 0 aliphatic heterocycles. The Hall–Kier alpha value is -2.30. The van der Waals surface area contributed by atoms with Gasteiger partial charge in [-0.1, -0.05) is 77.6 Å². The van der Waals surface area contributed by atoms with E-state index in [0.29, 0.717) is 25.7 Å². The largest absolute Gasteiger partial charge is 0.459 e. The van der Waals surface area contributed by atoms with Crippen LogP contribution in [0.15, 0.2) is 0 Å². The standard InChI is InChI=1S/C32H56O14S2/c1-7-8-9-10-11-12-13-14-18-21-24(43-26(34)28(47(37,38)39)44-25(33)23-19-16-15-17-20-23)22-32(5,6)30(36)45-29(48(40,41)42)27(35)46-31(2,3)4/h23-24,28-29H,7-22H2,1-6H3,(H,37,38,39)(H,40,41,42). The molecule has 3 atom stereocenters. The molecule has 2 N–H and O–H groups in total. The quantitative estimate of drug-likeness (QED) is 0.0631. The number of hydrogen-bond donors (Lipinski definition) is 2. The molecule has 1 fully saturated rings. The van der Waals surface area contributed by atoms with Gasteiger partial charge in [-0.25, -0.2) is 9.59 Å². The lowest BCUT2D eigenvalue weighted by Gasteiger charge is -2.30. The minimum Gasteiger partial charge on any atom is -0.459 e. The fourth-order valence-corrected chi connectivity index (χ4v) is 6.38. The number of ether oxygens (including phenoxy) is 4. The normalized spacial score (nSPS) is 16.8. The third kappa shape index (κ3) is 16.9. The number of carbonyl (C=O) groups excluding carboxylic acids is 4. The molecule has 0 aromatic carbocycles. The fraction of sp³-hybridized carbons (Fsp3) is 0.875. The van der Waals surface area contributed by atoms with Gasteiger partial charge in [-0.05, 0) is 66.7 Å². The molecule has 14 nitrogen and oxygen atoms in total. The lowest BCUT2D eigenvalue weighted by atomic mass is 9.85. The van der Waals surface area contributed by atoms with Crippen LogP contribution in [0.1, 0.15) is 144 Å². The molecule has 16 heteroatoms. The van der Waals surface area contributed by atoms with Crippen LogP contribution >= 0.6 is 0 Å². The average molecular weight is 729 g/mol. The van der Waals surface area contributed by atoms with Crippen molar-refractivity contribution >= 4 is 44.1 Å². The summed E-state index contributed by atoms with van der Waals surface area (Å²) >= 11 is 0. The van der Waals surface area contributed by atoms with Crippen molar-refractivity contribution in [2.75, 3.05) is 0 Å². The molecule has 48 heavy (non-hydrogen) atoms. The van der Waals surface area contributed by atoms with Crippen LogP contribution in [0.2, 0.25) is 0 Å². The van der Waals surface area contributed by atoms with E-state index in [1.165, 1.54) is 41.0 Å². The molecule has 1 saturated carbocycles. The maximum atomic E-state index is 13.2. The molecule has 1 aliphatic carbocycles. The van der Waals surface area contributed by atoms with Gasteiger partial charge in [0.15, 0.2) is 0 Å². The number of hydrogen-bond acceptors (Lipinski definition) is 12. The van der Waals surface area contributed by atoms with Crippen LogP contribution in [-0.2, 0) is 58.4 Å². The van der Waals surface area contributed by atoms with Gasteiger partial charge in [0, 0.05) is 0 Å². The Morgan fingerprint density at radius 1 is 0.688 bits per heavy atom. The molecule has 0 radical (unpaired) electrons. The van der Waals surface area contributed by atoms with Crippen molar-refractivity contribution in [3.05, 3.63) is 0 Å². The van der Waals surface area contributed by atoms with Gasteiger partial charge in [0.05, 0.1) is 11.3 Å². The first-order valence-electron chi connectivity index (χ1n) is 16.9. The first-order valence-corrected chi connectivity index (χ1v) is 19.9. The van der Waals surface area contributed by atoms with Gasteiger partial charge in [-0.2, -0.15) is 16.8 Å². The van der Waals surface area contributed by atoms with Gasteiger partial charge in [-0.15, -0.1) is 0 Å². The van der Waals surface area contributed by atoms with Gasteiger partial charge < -0.3 is 18.9 Å². The molecule has 0 amide bonds. The fourth-order valence-electron chi connectivity index (χ4n) is 5.37. The number of rotatable bonds is 21. The number of carbonyl (C=O) groups is 4. The molecule has 0 aromatic rings. The second-order valence-electron chi connectivity index (χ2n) is 14.2. The van der Waals surface area contributed by atoms with Crippen molar-refractivity contribution in [1.29, 1.82) is 0 Å². The summed E-state index contributed by atoms with van der Waals surface area (Å²) in [4.78, 5) is 51.5. The lowest BCUT2D eigenvalue weighted by molar-refractivity contribution is -0.177. The van der Waals surface area contributed by atoms with Crippen LogP contribution in [0.25, 0.3) is 0 Å². The maximum Gasteiger partial charge on any atom is 0.366 e. The summed E-state index contributed by atoms with van der Waals surface area (Å²) in [6.07, 6.45) is 10.5. The van der Waals surface area contributed by atoms with Gasteiger partial charge >= 0.3 is 55.0 Å². The van der Waals surface area contributed by atoms with E-state index in [0.717, 1.165) is 57.8 Å². The van der Waals surface area contributed by atoms with Gasteiger partial charge in [-0.3, -0.25) is 18.7 Å². The Labute approximate surface area is 285 Å². The molecule has 280 valence electrons. The highest BCUT2D eigenvalue weighted by Gasteiger charge is 2.45. The Kier molecular flexibility index (Phi) is 18.0. The predicted octanol–water partition coefficient (Wildman–Crippen LogP) is 5.67.